The van der Waals surface area contributed by atoms with Crippen molar-refractivity contribution in [2.75, 3.05) is 0 Å². The molecule has 29 heavy (non-hydrogen) atoms. The van der Waals surface area contributed by atoms with Crippen LogP contribution in [-0.2, 0) is 10.1 Å². The molecule has 0 saturated carbocycles. The number of ether oxygens (including phenoxy) is 2. The standard InChI is InChI=1S/C13H10O3.C7H6O5S/c14-13(15-11-7-3-1-4-8-11)16-12-9-5-2-6-10-12;8-7(9)5-3-1-2-4-6(5)13(10,11)12/h1-10H;1-4H,(H,8,9)(H,10,11,12). The fourth-order valence-electron chi connectivity index (χ4n) is 2.06. The first kappa shape index (κ1) is 21.6. The van der Waals surface area contributed by atoms with Gasteiger partial charge in [-0.2, -0.15) is 8.42 Å². The van der Waals surface area contributed by atoms with Crippen molar-refractivity contribution in [2.45, 2.75) is 4.90 Å². The Morgan fingerprint density at radius 1 is 0.690 bits per heavy atom. The van der Waals surface area contributed by atoms with E-state index in [-0.39, 0.29) is 0 Å². The molecule has 0 heterocycles. The van der Waals surface area contributed by atoms with Crippen molar-refractivity contribution >= 4 is 22.2 Å². The molecule has 0 aliphatic carbocycles. The van der Waals surface area contributed by atoms with E-state index in [1.54, 1.807) is 48.5 Å². The highest BCUT2D eigenvalue weighted by Gasteiger charge is 2.18. The van der Waals surface area contributed by atoms with Crippen molar-refractivity contribution < 1.29 is 37.1 Å². The zero-order chi connectivity index (χ0) is 21.3. The van der Waals surface area contributed by atoms with Crippen LogP contribution in [0.2, 0.25) is 0 Å². The second-order valence-electron chi connectivity index (χ2n) is 5.36. The van der Waals surface area contributed by atoms with Crippen molar-refractivity contribution in [3.63, 3.8) is 0 Å². The lowest BCUT2D eigenvalue weighted by Crippen LogP contribution is -2.13. The van der Waals surface area contributed by atoms with E-state index >= 15 is 0 Å². The van der Waals surface area contributed by atoms with Gasteiger partial charge in [-0.15, -0.1) is 0 Å². The van der Waals surface area contributed by atoms with Crippen LogP contribution < -0.4 is 9.47 Å². The minimum absolute atomic E-state index is 0.440. The van der Waals surface area contributed by atoms with E-state index in [1.807, 2.05) is 12.1 Å². The molecule has 8 nitrogen and oxygen atoms in total. The summed E-state index contributed by atoms with van der Waals surface area (Å²) in [5.74, 6) is -0.472. The molecular weight excluding hydrogens is 400 g/mol. The number of aromatic carboxylic acids is 1. The molecule has 0 unspecified atom stereocenters. The Kier molecular flexibility index (Phi) is 7.47. The fraction of sp³-hybridized carbons (Fsp3) is 0. The maximum atomic E-state index is 11.3. The van der Waals surface area contributed by atoms with Crippen molar-refractivity contribution in [3.8, 4) is 11.5 Å². The van der Waals surface area contributed by atoms with Crippen LogP contribution in [0.3, 0.4) is 0 Å². The summed E-state index contributed by atoms with van der Waals surface area (Å²) in [5, 5.41) is 8.55. The number of hydrogen-bond donors (Lipinski definition) is 2. The molecule has 2 N–H and O–H groups in total. The molecule has 3 aromatic carbocycles. The molecule has 0 saturated heterocycles. The van der Waals surface area contributed by atoms with Gasteiger partial charge in [0.2, 0.25) is 0 Å². The molecule has 0 fully saturated rings. The third-order valence-corrected chi connectivity index (χ3v) is 4.20. The molecule has 0 amide bonds. The van der Waals surface area contributed by atoms with Gasteiger partial charge in [-0.05, 0) is 36.4 Å². The average Bonchev–Trinajstić information content (AvgIpc) is 2.69. The molecule has 0 aliphatic heterocycles. The zero-order valence-corrected chi connectivity index (χ0v) is 15.7. The number of carboxylic acids is 1. The van der Waals surface area contributed by atoms with Crippen LogP contribution in [-0.4, -0.2) is 30.2 Å². The van der Waals surface area contributed by atoms with Gasteiger partial charge in [-0.25, -0.2) is 9.59 Å². The van der Waals surface area contributed by atoms with Crippen LogP contribution >= 0.6 is 0 Å². The number of carbonyl (C=O) groups is 2. The first-order valence-corrected chi connectivity index (χ1v) is 9.51. The lowest BCUT2D eigenvalue weighted by atomic mass is 10.2. The minimum atomic E-state index is -4.46. The van der Waals surface area contributed by atoms with Crippen molar-refractivity contribution in [2.24, 2.45) is 0 Å². The summed E-state index contributed by atoms with van der Waals surface area (Å²) in [6, 6.07) is 22.4. The largest absolute Gasteiger partial charge is 0.519 e. The number of carboxylic acid groups (broad SMARTS) is 1. The van der Waals surface area contributed by atoms with Gasteiger partial charge in [0.15, 0.2) is 0 Å². The predicted octanol–water partition coefficient (Wildman–Crippen LogP) is 3.90. The first-order valence-electron chi connectivity index (χ1n) is 8.07. The summed E-state index contributed by atoms with van der Waals surface area (Å²) in [5.41, 5.74) is -0.440. The second kappa shape index (κ2) is 10.0. The highest BCUT2D eigenvalue weighted by molar-refractivity contribution is 7.86. The maximum Gasteiger partial charge on any atom is 0.519 e. The topological polar surface area (TPSA) is 127 Å². The third kappa shape index (κ3) is 7.09. The molecule has 0 bridgehead atoms. The minimum Gasteiger partial charge on any atom is -0.478 e. The number of benzene rings is 3. The second-order valence-corrected chi connectivity index (χ2v) is 6.75. The third-order valence-electron chi connectivity index (χ3n) is 3.28. The molecule has 0 aromatic heterocycles. The molecule has 0 radical (unpaired) electrons. The van der Waals surface area contributed by atoms with Crippen molar-refractivity contribution in [3.05, 3.63) is 90.5 Å². The molecule has 0 spiro atoms. The Balaban J connectivity index is 0.000000212. The Bertz CT molecular complexity index is 1020. The van der Waals surface area contributed by atoms with Crippen LogP contribution in [0.25, 0.3) is 0 Å². The Labute approximate surface area is 166 Å². The van der Waals surface area contributed by atoms with E-state index in [4.69, 9.17) is 19.1 Å². The lowest BCUT2D eigenvalue weighted by Gasteiger charge is -2.04. The normalized spacial score (nSPS) is 10.2. The Morgan fingerprint density at radius 3 is 1.48 bits per heavy atom. The smallest absolute Gasteiger partial charge is 0.478 e. The van der Waals surface area contributed by atoms with Gasteiger partial charge in [-0.1, -0.05) is 48.5 Å². The van der Waals surface area contributed by atoms with E-state index < -0.39 is 32.7 Å². The number of rotatable bonds is 4. The fourth-order valence-corrected chi connectivity index (χ4v) is 2.74. The monoisotopic (exact) mass is 416 g/mol. The van der Waals surface area contributed by atoms with Crippen molar-refractivity contribution in [1.82, 2.24) is 0 Å². The van der Waals surface area contributed by atoms with Gasteiger partial charge < -0.3 is 14.6 Å². The molecule has 0 atom stereocenters. The molecular formula is C20H16O8S. The summed E-state index contributed by atoms with van der Waals surface area (Å²) in [7, 11) is -4.46. The van der Waals surface area contributed by atoms with Crippen LogP contribution in [0, 0.1) is 0 Å². The van der Waals surface area contributed by atoms with Crippen LogP contribution in [0.15, 0.2) is 89.8 Å². The van der Waals surface area contributed by atoms with E-state index in [0.29, 0.717) is 11.5 Å². The van der Waals surface area contributed by atoms with E-state index in [9.17, 15) is 18.0 Å². The van der Waals surface area contributed by atoms with Gasteiger partial charge in [0.25, 0.3) is 10.1 Å². The summed E-state index contributed by atoms with van der Waals surface area (Å²) in [6.45, 7) is 0. The van der Waals surface area contributed by atoms with E-state index in [0.717, 1.165) is 12.1 Å². The highest BCUT2D eigenvalue weighted by atomic mass is 32.2. The van der Waals surface area contributed by atoms with Gasteiger partial charge >= 0.3 is 12.1 Å². The Hall–Kier alpha value is -3.69. The molecule has 150 valence electrons. The summed E-state index contributed by atoms with van der Waals surface area (Å²) in [4.78, 5) is 21.2. The zero-order valence-electron chi connectivity index (χ0n) is 14.8. The van der Waals surface area contributed by atoms with Gasteiger partial charge in [0.05, 0.1) is 5.56 Å². The summed E-state index contributed by atoms with van der Waals surface area (Å²) in [6.07, 6.45) is -0.739. The van der Waals surface area contributed by atoms with Crippen molar-refractivity contribution in [1.29, 1.82) is 0 Å². The highest BCUT2D eigenvalue weighted by Crippen LogP contribution is 2.14. The van der Waals surface area contributed by atoms with Crippen LogP contribution in [0.5, 0.6) is 11.5 Å². The van der Waals surface area contributed by atoms with Gasteiger partial charge in [0.1, 0.15) is 16.4 Å². The SMILES string of the molecule is O=C(O)c1ccccc1S(=O)(=O)O.O=C(Oc1ccccc1)Oc1ccccc1. The maximum absolute atomic E-state index is 11.3. The lowest BCUT2D eigenvalue weighted by molar-refractivity contribution is 0.0692. The molecule has 0 aliphatic rings. The summed E-state index contributed by atoms with van der Waals surface area (Å²) < 4.78 is 39.8. The number of carbonyl (C=O) groups excluding carboxylic acids is 1. The predicted molar refractivity (Wildman–Crippen MR) is 103 cm³/mol. The average molecular weight is 416 g/mol. The number of para-hydroxylation sites is 2. The van der Waals surface area contributed by atoms with E-state index in [2.05, 4.69) is 0 Å². The molecule has 3 rings (SSSR count). The van der Waals surface area contributed by atoms with Gasteiger partial charge in [0, 0.05) is 0 Å². The van der Waals surface area contributed by atoms with Crippen LogP contribution in [0.1, 0.15) is 10.4 Å². The molecule has 3 aromatic rings. The number of hydrogen-bond acceptors (Lipinski definition) is 6. The molecule has 9 heteroatoms. The Morgan fingerprint density at radius 2 is 1.10 bits per heavy atom. The quantitative estimate of drug-likeness (QED) is 0.372. The summed E-state index contributed by atoms with van der Waals surface area (Å²) >= 11 is 0. The van der Waals surface area contributed by atoms with Gasteiger partial charge in [-0.3, -0.25) is 4.55 Å². The van der Waals surface area contributed by atoms with Crippen LogP contribution in [0.4, 0.5) is 4.79 Å². The van der Waals surface area contributed by atoms with E-state index in [1.165, 1.54) is 12.1 Å². The first-order chi connectivity index (χ1) is 13.8.